The number of rotatable bonds is 1. The fourth-order valence-corrected chi connectivity index (χ4v) is 1.27. The number of amides is 3. The molecule has 0 aromatic rings. The fraction of sp³-hybridized carbons (Fsp3) is 0.714. The molecule has 0 spiro atoms. The molecular weight excluding hydrogens is 158 g/mol. The van der Waals surface area contributed by atoms with E-state index in [0.29, 0.717) is 6.42 Å². The van der Waals surface area contributed by atoms with Gasteiger partial charge in [-0.1, -0.05) is 6.92 Å². The average Bonchev–Trinajstić information content (AvgIpc) is 2.01. The molecule has 0 radical (unpaired) electrons. The van der Waals surface area contributed by atoms with Crippen LogP contribution in [0.25, 0.3) is 0 Å². The molecule has 1 aliphatic heterocycles. The van der Waals surface area contributed by atoms with E-state index in [-0.39, 0.29) is 11.8 Å². The van der Waals surface area contributed by atoms with E-state index in [4.69, 9.17) is 5.73 Å². The van der Waals surface area contributed by atoms with Crippen LogP contribution in [-0.4, -0.2) is 30.1 Å². The molecule has 3 amide bonds. The molecule has 68 valence electrons. The molecule has 1 aliphatic rings. The summed E-state index contributed by atoms with van der Waals surface area (Å²) in [6.45, 7) is 1.87. The summed E-state index contributed by atoms with van der Waals surface area (Å²) >= 11 is 0. The van der Waals surface area contributed by atoms with Gasteiger partial charge in [0.1, 0.15) is 0 Å². The van der Waals surface area contributed by atoms with Crippen molar-refractivity contribution < 1.29 is 9.59 Å². The maximum Gasteiger partial charge on any atom is 0.325 e. The third kappa shape index (κ3) is 1.27. The first-order valence-corrected chi connectivity index (χ1v) is 3.91. The Labute approximate surface area is 70.9 Å². The molecule has 3 N–H and O–H groups in total. The van der Waals surface area contributed by atoms with Crippen molar-refractivity contribution in [2.45, 2.75) is 19.5 Å². The molecule has 1 rings (SSSR count). The third-order valence-electron chi connectivity index (χ3n) is 2.19. The van der Waals surface area contributed by atoms with Crippen molar-refractivity contribution in [2.24, 2.45) is 11.7 Å². The van der Waals surface area contributed by atoms with E-state index in [1.807, 2.05) is 6.92 Å². The molecule has 0 aromatic carbocycles. The summed E-state index contributed by atoms with van der Waals surface area (Å²) in [5.41, 5.74) is 5.66. The zero-order chi connectivity index (χ0) is 9.30. The van der Waals surface area contributed by atoms with E-state index < -0.39 is 12.2 Å². The molecule has 1 saturated heterocycles. The third-order valence-corrected chi connectivity index (χ3v) is 2.19. The Morgan fingerprint density at radius 1 is 1.58 bits per heavy atom. The fourth-order valence-electron chi connectivity index (χ4n) is 1.27. The largest absolute Gasteiger partial charge is 0.325 e. The number of urea groups is 1. The highest BCUT2D eigenvalue weighted by molar-refractivity contribution is 5.98. The minimum atomic E-state index is -0.490. The Hall–Kier alpha value is -1.10. The van der Waals surface area contributed by atoms with Crippen molar-refractivity contribution in [3.05, 3.63) is 0 Å². The minimum absolute atomic E-state index is 0.270. The van der Waals surface area contributed by atoms with E-state index in [2.05, 4.69) is 5.32 Å². The van der Waals surface area contributed by atoms with E-state index in [9.17, 15) is 9.59 Å². The van der Waals surface area contributed by atoms with Gasteiger partial charge < -0.3 is 10.6 Å². The Balaban J connectivity index is 2.79. The van der Waals surface area contributed by atoms with Crippen LogP contribution in [0.5, 0.6) is 0 Å². The van der Waals surface area contributed by atoms with Crippen molar-refractivity contribution in [1.29, 1.82) is 0 Å². The van der Waals surface area contributed by atoms with Gasteiger partial charge in [0.2, 0.25) is 5.91 Å². The predicted octanol–water partition coefficient (Wildman–Crippen LogP) is -0.521. The van der Waals surface area contributed by atoms with Crippen molar-refractivity contribution in [3.63, 3.8) is 0 Å². The average molecular weight is 171 g/mol. The molecule has 1 fully saturated rings. The lowest BCUT2D eigenvalue weighted by Crippen LogP contribution is -2.61. The summed E-state index contributed by atoms with van der Waals surface area (Å²) in [7, 11) is 1.58. The zero-order valence-electron chi connectivity index (χ0n) is 7.20. The molecule has 0 saturated carbocycles. The molecule has 0 aliphatic carbocycles. The summed E-state index contributed by atoms with van der Waals surface area (Å²) in [4.78, 5) is 23.5. The van der Waals surface area contributed by atoms with Crippen LogP contribution >= 0.6 is 0 Å². The van der Waals surface area contributed by atoms with Gasteiger partial charge in [-0.3, -0.25) is 10.1 Å². The van der Waals surface area contributed by atoms with Gasteiger partial charge in [0.05, 0.1) is 12.1 Å². The molecule has 0 bridgehead atoms. The number of nitrogens with zero attached hydrogens (tertiary/aromatic N) is 1. The van der Waals surface area contributed by atoms with Gasteiger partial charge in [-0.05, 0) is 6.42 Å². The standard InChI is InChI=1S/C7H13N3O2/c1-3-4-5(8)10(2)7(12)9-6(4)11/h4-5H,3,8H2,1-2H3,(H,9,11,12). The highest BCUT2D eigenvalue weighted by atomic mass is 16.2. The lowest BCUT2D eigenvalue weighted by Gasteiger charge is -2.34. The van der Waals surface area contributed by atoms with Crippen LogP contribution in [0.2, 0.25) is 0 Å². The van der Waals surface area contributed by atoms with Gasteiger partial charge >= 0.3 is 6.03 Å². The second-order valence-corrected chi connectivity index (χ2v) is 2.91. The number of nitrogens with two attached hydrogens (primary N) is 1. The maximum atomic E-state index is 11.2. The van der Waals surface area contributed by atoms with Crippen LogP contribution in [-0.2, 0) is 4.79 Å². The van der Waals surface area contributed by atoms with Crippen molar-refractivity contribution in [1.82, 2.24) is 10.2 Å². The first-order chi connectivity index (χ1) is 5.57. The molecular formula is C7H13N3O2. The Morgan fingerprint density at radius 2 is 2.17 bits per heavy atom. The second kappa shape index (κ2) is 3.10. The van der Waals surface area contributed by atoms with E-state index >= 15 is 0 Å². The van der Waals surface area contributed by atoms with Gasteiger partial charge in [0.15, 0.2) is 0 Å². The number of carbonyl (C=O) groups excluding carboxylic acids is 2. The lowest BCUT2D eigenvalue weighted by molar-refractivity contribution is -0.127. The summed E-state index contributed by atoms with van der Waals surface area (Å²) in [5.74, 6) is -0.555. The first kappa shape index (κ1) is 8.99. The first-order valence-electron chi connectivity index (χ1n) is 3.91. The zero-order valence-corrected chi connectivity index (χ0v) is 7.20. The summed E-state index contributed by atoms with van der Waals surface area (Å²) < 4.78 is 0. The van der Waals surface area contributed by atoms with Crippen LogP contribution < -0.4 is 11.1 Å². The van der Waals surface area contributed by atoms with E-state index in [1.54, 1.807) is 7.05 Å². The SMILES string of the molecule is CCC1C(=O)NC(=O)N(C)C1N. The molecule has 1 heterocycles. The van der Waals surface area contributed by atoms with Gasteiger partial charge in [-0.15, -0.1) is 0 Å². The molecule has 2 unspecified atom stereocenters. The minimum Gasteiger partial charge on any atom is -0.311 e. The van der Waals surface area contributed by atoms with Crippen LogP contribution in [0.1, 0.15) is 13.3 Å². The van der Waals surface area contributed by atoms with E-state index in [1.165, 1.54) is 4.90 Å². The smallest absolute Gasteiger partial charge is 0.311 e. The molecule has 12 heavy (non-hydrogen) atoms. The predicted molar refractivity (Wildman–Crippen MR) is 43.1 cm³/mol. The Morgan fingerprint density at radius 3 is 2.67 bits per heavy atom. The molecule has 5 nitrogen and oxygen atoms in total. The highest BCUT2D eigenvalue weighted by Gasteiger charge is 2.35. The van der Waals surface area contributed by atoms with Crippen molar-refractivity contribution in [2.75, 3.05) is 7.05 Å². The Bertz CT molecular complexity index is 217. The van der Waals surface area contributed by atoms with Crippen LogP contribution in [0, 0.1) is 5.92 Å². The van der Waals surface area contributed by atoms with Gasteiger partial charge in [-0.2, -0.15) is 0 Å². The number of hydrogen-bond acceptors (Lipinski definition) is 3. The van der Waals surface area contributed by atoms with Crippen molar-refractivity contribution in [3.8, 4) is 0 Å². The highest BCUT2D eigenvalue weighted by Crippen LogP contribution is 2.14. The quantitative estimate of drug-likeness (QED) is 0.557. The van der Waals surface area contributed by atoms with Crippen LogP contribution in [0.15, 0.2) is 0 Å². The number of hydrogen-bond donors (Lipinski definition) is 2. The topological polar surface area (TPSA) is 75.4 Å². The van der Waals surface area contributed by atoms with Crippen molar-refractivity contribution >= 4 is 11.9 Å². The number of nitrogens with one attached hydrogen (secondary N) is 1. The van der Waals surface area contributed by atoms with E-state index in [0.717, 1.165) is 0 Å². The summed E-state index contributed by atoms with van der Waals surface area (Å²) in [5, 5.41) is 2.23. The molecule has 0 aromatic heterocycles. The molecule has 5 heteroatoms. The summed E-state index contributed by atoms with van der Waals surface area (Å²) in [6.07, 6.45) is 0.154. The second-order valence-electron chi connectivity index (χ2n) is 2.91. The number of imide groups is 1. The molecule has 2 atom stereocenters. The van der Waals surface area contributed by atoms with Gasteiger partial charge in [0.25, 0.3) is 0 Å². The van der Waals surface area contributed by atoms with Crippen LogP contribution in [0.4, 0.5) is 4.79 Å². The normalized spacial score (nSPS) is 30.4. The van der Waals surface area contributed by atoms with Gasteiger partial charge in [0, 0.05) is 7.05 Å². The summed E-state index contributed by atoms with van der Waals surface area (Å²) in [6, 6.07) is -0.419. The van der Waals surface area contributed by atoms with Crippen LogP contribution in [0.3, 0.4) is 0 Å². The van der Waals surface area contributed by atoms with Gasteiger partial charge in [-0.25, -0.2) is 4.79 Å². The maximum absolute atomic E-state index is 11.2. The number of carbonyl (C=O) groups is 2. The lowest BCUT2D eigenvalue weighted by atomic mass is 10.00. The monoisotopic (exact) mass is 171 g/mol. The Kier molecular flexibility index (Phi) is 2.32.